The van der Waals surface area contributed by atoms with E-state index in [2.05, 4.69) is 22.9 Å². The lowest BCUT2D eigenvalue weighted by molar-refractivity contribution is 0.200. The molecule has 1 fully saturated rings. The van der Waals surface area contributed by atoms with E-state index in [4.69, 9.17) is 10.00 Å². The van der Waals surface area contributed by atoms with Gasteiger partial charge in [0.1, 0.15) is 0 Å². The van der Waals surface area contributed by atoms with Gasteiger partial charge in [0.05, 0.1) is 24.8 Å². The zero-order chi connectivity index (χ0) is 14.5. The van der Waals surface area contributed by atoms with Gasteiger partial charge in [-0.3, -0.25) is 4.90 Å². The third-order valence-corrected chi connectivity index (χ3v) is 3.54. The fraction of sp³-hybridized carbons (Fsp3) is 0.400. The predicted molar refractivity (Wildman–Crippen MR) is 91.3 cm³/mol. The summed E-state index contributed by atoms with van der Waals surface area (Å²) in [6.07, 6.45) is 1.79. The topological polar surface area (TPSA) is 68.5 Å². The highest BCUT2D eigenvalue weighted by Gasteiger charge is 2.24. The molecular weight excluding hydrogens is 325 g/mol. The van der Waals surface area contributed by atoms with Crippen molar-refractivity contribution in [3.63, 3.8) is 0 Å². The maximum absolute atomic E-state index is 10.3. The van der Waals surface area contributed by atoms with E-state index >= 15 is 0 Å². The first-order valence-electron chi connectivity index (χ1n) is 6.59. The molecule has 2 rings (SSSR count). The molecule has 1 aromatic carbocycles. The number of nitrogens with one attached hydrogen (secondary N) is 1. The van der Waals surface area contributed by atoms with Gasteiger partial charge >= 0.3 is 0 Å². The lowest BCUT2D eigenvalue weighted by Gasteiger charge is -2.33. The Hall–Kier alpha value is -1.45. The third-order valence-electron chi connectivity index (χ3n) is 3.54. The Morgan fingerprint density at radius 3 is 2.55 bits per heavy atom. The zero-order valence-electron chi connectivity index (χ0n) is 12.4. The molecule has 0 amide bonds. The van der Waals surface area contributed by atoms with Gasteiger partial charge in [0, 0.05) is 37.8 Å². The first kappa shape index (κ1) is 20.6. The molecule has 5 nitrogen and oxygen atoms in total. The van der Waals surface area contributed by atoms with Crippen LogP contribution in [0, 0.1) is 11.3 Å². The predicted octanol–water partition coefficient (Wildman–Crippen LogP) is 2.25. The van der Waals surface area contributed by atoms with E-state index in [1.807, 2.05) is 0 Å². The van der Waals surface area contributed by atoms with Crippen LogP contribution < -0.4 is 10.1 Å². The van der Waals surface area contributed by atoms with Crippen molar-refractivity contribution >= 4 is 24.8 Å². The maximum Gasteiger partial charge on any atom is 0.162 e. The van der Waals surface area contributed by atoms with E-state index in [1.165, 1.54) is 13.2 Å². The molecule has 0 radical (unpaired) electrons. The zero-order valence-corrected chi connectivity index (χ0v) is 14.0. The summed E-state index contributed by atoms with van der Waals surface area (Å²) in [5.41, 5.74) is 1.13. The molecule has 0 spiro atoms. The quantitative estimate of drug-likeness (QED) is 0.819. The van der Waals surface area contributed by atoms with E-state index in [-0.39, 0.29) is 36.6 Å². The largest absolute Gasteiger partial charge is 0.504 e. The van der Waals surface area contributed by atoms with Crippen LogP contribution in [0.15, 0.2) is 24.8 Å². The molecule has 0 saturated carbocycles. The third kappa shape index (κ3) is 4.28. The number of phenols is 1. The number of phenolic OH excluding ortho intramolecular Hbond substituents is 1. The molecule has 0 unspecified atom stereocenters. The van der Waals surface area contributed by atoms with Crippen LogP contribution in [0.3, 0.4) is 0 Å². The smallest absolute Gasteiger partial charge is 0.162 e. The summed E-state index contributed by atoms with van der Waals surface area (Å²) in [7, 11) is 1.48. The fourth-order valence-electron chi connectivity index (χ4n) is 2.51. The number of benzene rings is 1. The average molecular weight is 346 g/mol. The van der Waals surface area contributed by atoms with Crippen molar-refractivity contribution in [1.82, 2.24) is 10.2 Å². The molecule has 7 heteroatoms. The van der Waals surface area contributed by atoms with Crippen LogP contribution in [0.2, 0.25) is 0 Å². The van der Waals surface area contributed by atoms with Gasteiger partial charge in [-0.2, -0.15) is 5.26 Å². The molecule has 1 aliphatic heterocycles. The van der Waals surface area contributed by atoms with Crippen LogP contribution in [0.4, 0.5) is 0 Å². The Bertz CT molecular complexity index is 540. The van der Waals surface area contributed by atoms with Crippen molar-refractivity contribution in [3.05, 3.63) is 35.9 Å². The van der Waals surface area contributed by atoms with Gasteiger partial charge in [0.25, 0.3) is 0 Å². The summed E-state index contributed by atoms with van der Waals surface area (Å²) < 4.78 is 5.14. The number of hydrogen-bond donors (Lipinski definition) is 2. The van der Waals surface area contributed by atoms with Gasteiger partial charge in [-0.25, -0.2) is 0 Å². The first-order chi connectivity index (χ1) is 9.71. The second-order valence-corrected chi connectivity index (χ2v) is 4.69. The maximum atomic E-state index is 10.3. The van der Waals surface area contributed by atoms with Gasteiger partial charge in [-0.15, -0.1) is 31.4 Å². The van der Waals surface area contributed by atoms with Crippen molar-refractivity contribution in [2.24, 2.45) is 0 Å². The van der Waals surface area contributed by atoms with Crippen molar-refractivity contribution < 1.29 is 9.84 Å². The monoisotopic (exact) mass is 345 g/mol. The summed E-state index contributed by atoms with van der Waals surface area (Å²) in [5.74, 6) is 0.399. The summed E-state index contributed by atoms with van der Waals surface area (Å²) in [6.45, 7) is 7.41. The van der Waals surface area contributed by atoms with Crippen LogP contribution in [-0.4, -0.2) is 43.3 Å². The molecule has 0 aromatic heterocycles. The molecule has 1 saturated heterocycles. The van der Waals surface area contributed by atoms with Crippen molar-refractivity contribution in [3.8, 4) is 17.6 Å². The summed E-state index contributed by atoms with van der Waals surface area (Å²) in [4.78, 5) is 2.22. The second-order valence-electron chi connectivity index (χ2n) is 4.69. The molecule has 122 valence electrons. The Morgan fingerprint density at radius 1 is 1.41 bits per heavy atom. The highest BCUT2D eigenvalue weighted by molar-refractivity contribution is 5.85. The number of nitrogens with zero attached hydrogens (tertiary/aromatic N) is 2. The first-order valence-corrected chi connectivity index (χ1v) is 6.59. The van der Waals surface area contributed by atoms with Crippen LogP contribution in [-0.2, 0) is 0 Å². The van der Waals surface area contributed by atoms with E-state index in [9.17, 15) is 5.11 Å². The molecule has 1 heterocycles. The standard InChI is InChI=1S/C15H19N3O2.2ClH/c1-3-13(18-6-4-17-5-7-18)12-8-11(10-16)9-14(20-2)15(12)19;;/h3,8-9,13,17,19H,1,4-7H2,2H3;2*1H/t13-;;/m1../s1. The minimum atomic E-state index is -0.126. The number of ether oxygens (including phenoxy) is 1. The second kappa shape index (κ2) is 9.54. The van der Waals surface area contributed by atoms with Crippen molar-refractivity contribution in [2.75, 3.05) is 33.3 Å². The molecule has 1 aromatic rings. The number of rotatable bonds is 4. The van der Waals surface area contributed by atoms with Gasteiger partial charge < -0.3 is 15.2 Å². The number of aromatic hydroxyl groups is 1. The van der Waals surface area contributed by atoms with E-state index in [1.54, 1.807) is 12.1 Å². The van der Waals surface area contributed by atoms with Crippen molar-refractivity contribution in [1.29, 1.82) is 5.26 Å². The molecular formula is C15H21Cl2N3O2. The van der Waals surface area contributed by atoms with Crippen molar-refractivity contribution in [2.45, 2.75) is 6.04 Å². The van der Waals surface area contributed by atoms with E-state index in [0.717, 1.165) is 26.2 Å². The van der Waals surface area contributed by atoms with Gasteiger partial charge in [-0.1, -0.05) is 6.08 Å². The van der Waals surface area contributed by atoms with Gasteiger partial charge in [0.15, 0.2) is 11.5 Å². The van der Waals surface area contributed by atoms with Crippen LogP contribution in [0.5, 0.6) is 11.5 Å². The van der Waals surface area contributed by atoms with E-state index < -0.39 is 0 Å². The summed E-state index contributed by atoms with van der Waals surface area (Å²) in [5, 5.41) is 22.7. The van der Waals surface area contributed by atoms with Crippen LogP contribution in [0.25, 0.3) is 0 Å². The molecule has 0 bridgehead atoms. The Morgan fingerprint density at radius 2 is 2.05 bits per heavy atom. The Balaban J connectivity index is 0.00000220. The number of hydrogen-bond acceptors (Lipinski definition) is 5. The SMILES string of the molecule is C=C[C@H](c1cc(C#N)cc(OC)c1O)N1CCNCC1.Cl.Cl. The lowest BCUT2D eigenvalue weighted by atomic mass is 10.00. The Labute approximate surface area is 143 Å². The number of piperazine rings is 1. The minimum absolute atomic E-state index is 0. The number of methoxy groups -OCH3 is 1. The highest BCUT2D eigenvalue weighted by Crippen LogP contribution is 2.37. The normalized spacial score (nSPS) is 15.6. The molecule has 1 aliphatic rings. The molecule has 1 atom stereocenters. The number of halogens is 2. The summed E-state index contributed by atoms with van der Waals surface area (Å²) >= 11 is 0. The minimum Gasteiger partial charge on any atom is -0.504 e. The van der Waals surface area contributed by atoms with Crippen LogP contribution in [0.1, 0.15) is 17.2 Å². The molecule has 2 N–H and O–H groups in total. The fourth-order valence-corrected chi connectivity index (χ4v) is 2.51. The average Bonchev–Trinajstić information content (AvgIpc) is 2.50. The Kier molecular flexibility index (Phi) is 8.91. The summed E-state index contributed by atoms with van der Waals surface area (Å²) in [6, 6.07) is 5.21. The van der Waals surface area contributed by atoms with Gasteiger partial charge in [-0.05, 0) is 6.07 Å². The van der Waals surface area contributed by atoms with E-state index in [0.29, 0.717) is 16.9 Å². The molecule has 22 heavy (non-hydrogen) atoms. The highest BCUT2D eigenvalue weighted by atomic mass is 35.5. The molecule has 0 aliphatic carbocycles. The van der Waals surface area contributed by atoms with Gasteiger partial charge in [0.2, 0.25) is 0 Å². The lowest BCUT2D eigenvalue weighted by Crippen LogP contribution is -2.44. The number of nitriles is 1. The van der Waals surface area contributed by atoms with Crippen LogP contribution >= 0.6 is 24.8 Å².